The number of esters is 2. The maximum atomic E-state index is 13.2. The molecular weight excluding hydrogens is 507 g/mol. The molecule has 0 aliphatic carbocycles. The highest BCUT2D eigenvalue weighted by atomic mass is 31.2. The van der Waals surface area contributed by atoms with E-state index in [1.165, 1.54) is 12.2 Å². The van der Waals surface area contributed by atoms with Gasteiger partial charge in [-0.2, -0.15) is 0 Å². The first-order valence-electron chi connectivity index (χ1n) is 13.6. The molecule has 0 atom stereocenters. The van der Waals surface area contributed by atoms with E-state index in [2.05, 4.69) is 13.2 Å². The lowest BCUT2D eigenvalue weighted by atomic mass is 10.1. The van der Waals surface area contributed by atoms with Crippen LogP contribution in [-0.4, -0.2) is 38.4 Å². The second-order valence-corrected chi connectivity index (χ2v) is 10.5. The van der Waals surface area contributed by atoms with Crippen LogP contribution >= 0.6 is 7.82 Å². The van der Waals surface area contributed by atoms with Gasteiger partial charge in [-0.25, -0.2) is 14.2 Å². The number of phosphoric acid groups is 1. The summed E-state index contributed by atoms with van der Waals surface area (Å²) in [5, 5.41) is 0. The van der Waals surface area contributed by atoms with E-state index in [-0.39, 0.29) is 18.5 Å². The molecule has 0 fully saturated rings. The molecule has 8 nitrogen and oxygen atoms in total. The molecular formula is C29H45O8P. The first-order chi connectivity index (χ1) is 18.5. The second-order valence-electron chi connectivity index (χ2n) is 8.86. The van der Waals surface area contributed by atoms with E-state index in [0.29, 0.717) is 26.4 Å². The van der Waals surface area contributed by atoms with Crippen LogP contribution in [0.15, 0.2) is 55.6 Å². The summed E-state index contributed by atoms with van der Waals surface area (Å²) in [5.41, 5.74) is 0.900. The van der Waals surface area contributed by atoms with E-state index in [0.717, 1.165) is 82.6 Å². The third-order valence-electron chi connectivity index (χ3n) is 5.63. The minimum Gasteiger partial charge on any atom is -0.463 e. The minimum absolute atomic E-state index is 0.158. The molecule has 9 heteroatoms. The van der Waals surface area contributed by atoms with Crippen LogP contribution in [0.2, 0.25) is 0 Å². The quantitative estimate of drug-likeness (QED) is 0.0533. The van der Waals surface area contributed by atoms with E-state index in [9.17, 15) is 14.2 Å². The van der Waals surface area contributed by atoms with Gasteiger partial charge in [0.1, 0.15) is 0 Å². The van der Waals surface area contributed by atoms with Crippen molar-refractivity contribution in [3.63, 3.8) is 0 Å². The van der Waals surface area contributed by atoms with Crippen molar-refractivity contribution in [2.24, 2.45) is 0 Å². The fourth-order valence-electron chi connectivity index (χ4n) is 3.48. The van der Waals surface area contributed by atoms with Crippen molar-refractivity contribution in [1.82, 2.24) is 0 Å². The van der Waals surface area contributed by atoms with Gasteiger partial charge in [0.25, 0.3) is 0 Å². The maximum absolute atomic E-state index is 13.2. The van der Waals surface area contributed by atoms with Crippen LogP contribution in [0.1, 0.15) is 82.6 Å². The van der Waals surface area contributed by atoms with Gasteiger partial charge in [-0.05, 0) is 31.2 Å². The lowest BCUT2D eigenvalue weighted by molar-refractivity contribution is -0.138. The van der Waals surface area contributed by atoms with Crippen molar-refractivity contribution in [3.05, 3.63) is 61.2 Å². The van der Waals surface area contributed by atoms with Crippen LogP contribution in [0, 0.1) is 0 Å². The zero-order chi connectivity index (χ0) is 27.7. The predicted molar refractivity (Wildman–Crippen MR) is 148 cm³/mol. The number of rotatable bonds is 25. The summed E-state index contributed by atoms with van der Waals surface area (Å²) >= 11 is 0. The van der Waals surface area contributed by atoms with Crippen molar-refractivity contribution in [3.8, 4) is 0 Å². The van der Waals surface area contributed by atoms with E-state index < -0.39 is 7.82 Å². The second kappa shape index (κ2) is 22.7. The number of hydrogen-bond acceptors (Lipinski definition) is 8. The Hall–Kier alpha value is -2.25. The number of unbranched alkanes of at least 4 members (excludes halogenated alkanes) is 10. The van der Waals surface area contributed by atoms with Gasteiger partial charge < -0.3 is 9.47 Å². The summed E-state index contributed by atoms with van der Waals surface area (Å²) in [6.07, 6.45) is 13.5. The largest absolute Gasteiger partial charge is 0.475 e. The van der Waals surface area contributed by atoms with Gasteiger partial charge in [0, 0.05) is 12.2 Å². The molecule has 1 aromatic carbocycles. The summed E-state index contributed by atoms with van der Waals surface area (Å²) in [6, 6.07) is 9.52. The third kappa shape index (κ3) is 18.9. The molecule has 0 saturated carbocycles. The molecule has 0 aliphatic heterocycles. The Morgan fingerprint density at radius 3 is 1.42 bits per heavy atom. The predicted octanol–water partition coefficient (Wildman–Crippen LogP) is 7.48. The monoisotopic (exact) mass is 552 g/mol. The van der Waals surface area contributed by atoms with E-state index >= 15 is 0 Å². The third-order valence-corrected chi connectivity index (χ3v) is 7.07. The van der Waals surface area contributed by atoms with Gasteiger partial charge in [-0.1, -0.05) is 94.9 Å². The van der Waals surface area contributed by atoms with Crippen molar-refractivity contribution in [2.75, 3.05) is 26.4 Å². The van der Waals surface area contributed by atoms with Crippen LogP contribution in [-0.2, 0) is 43.8 Å². The van der Waals surface area contributed by atoms with Crippen LogP contribution in [0.4, 0.5) is 0 Å². The van der Waals surface area contributed by atoms with Crippen molar-refractivity contribution in [1.29, 1.82) is 0 Å². The average Bonchev–Trinajstić information content (AvgIpc) is 2.94. The molecule has 0 N–H and O–H groups in total. The molecule has 0 saturated heterocycles. The molecule has 0 unspecified atom stereocenters. The lowest BCUT2D eigenvalue weighted by Crippen LogP contribution is -2.04. The molecule has 0 bridgehead atoms. The molecule has 0 aliphatic rings. The highest BCUT2D eigenvalue weighted by molar-refractivity contribution is 7.48. The van der Waals surface area contributed by atoms with Gasteiger partial charge in [-0.3, -0.25) is 13.6 Å². The molecule has 0 spiro atoms. The Balaban J connectivity index is 2.23. The van der Waals surface area contributed by atoms with Gasteiger partial charge in [0.15, 0.2) is 0 Å². The van der Waals surface area contributed by atoms with Crippen LogP contribution < -0.4 is 0 Å². The Bertz CT molecular complexity index is 783. The lowest BCUT2D eigenvalue weighted by Gasteiger charge is -2.18. The molecule has 38 heavy (non-hydrogen) atoms. The Kier molecular flexibility index (Phi) is 20.2. The first-order valence-corrected chi connectivity index (χ1v) is 15.1. The van der Waals surface area contributed by atoms with Gasteiger partial charge >= 0.3 is 19.8 Å². The normalized spacial score (nSPS) is 11.2. The molecule has 1 rings (SSSR count). The summed E-state index contributed by atoms with van der Waals surface area (Å²) in [6.45, 7) is 8.34. The Morgan fingerprint density at radius 1 is 0.605 bits per heavy atom. The summed E-state index contributed by atoms with van der Waals surface area (Å²) in [5.74, 6) is -0.770. The van der Waals surface area contributed by atoms with Crippen molar-refractivity contribution < 1.29 is 37.2 Å². The van der Waals surface area contributed by atoms with Gasteiger partial charge in [0.05, 0.1) is 33.0 Å². The van der Waals surface area contributed by atoms with Gasteiger partial charge in [-0.15, -0.1) is 0 Å². The molecule has 1 aromatic rings. The SMILES string of the molecule is C=CC(=O)OCCCCCCCCOP(=O)(OCCCCCCCCOC(=O)C=C)OCc1ccccc1. The molecule has 214 valence electrons. The highest BCUT2D eigenvalue weighted by Gasteiger charge is 2.26. The topological polar surface area (TPSA) is 97.4 Å². The number of ether oxygens (including phenoxy) is 2. The standard InChI is InChI=1S/C29H45O8P/c1-3-28(30)33-22-16-9-5-7-11-18-24-35-38(32,37-26-27-20-14-13-15-21-27)36-25-19-12-8-6-10-17-23-34-29(31)4-2/h3-4,13-15,20-21H,1-2,5-12,16-19,22-26H2. The number of hydrogen-bond donors (Lipinski definition) is 0. The Morgan fingerprint density at radius 2 is 1.00 bits per heavy atom. The van der Waals surface area contributed by atoms with E-state index in [1.807, 2.05) is 30.3 Å². The van der Waals surface area contributed by atoms with Gasteiger partial charge in [0.2, 0.25) is 0 Å². The van der Waals surface area contributed by atoms with Crippen LogP contribution in [0.3, 0.4) is 0 Å². The van der Waals surface area contributed by atoms with Crippen molar-refractivity contribution in [2.45, 2.75) is 83.7 Å². The first kappa shape index (κ1) is 33.8. The smallest absolute Gasteiger partial charge is 0.463 e. The zero-order valence-corrected chi connectivity index (χ0v) is 23.6. The highest BCUT2D eigenvalue weighted by Crippen LogP contribution is 2.50. The van der Waals surface area contributed by atoms with Crippen LogP contribution in [0.5, 0.6) is 0 Å². The maximum Gasteiger partial charge on any atom is 0.475 e. The summed E-state index contributed by atoms with van der Waals surface area (Å²) in [7, 11) is -3.66. The number of carbonyl (C=O) groups is 2. The number of carbonyl (C=O) groups excluding carboxylic acids is 2. The molecule has 0 heterocycles. The minimum atomic E-state index is -3.66. The molecule has 0 radical (unpaired) electrons. The molecule has 0 amide bonds. The average molecular weight is 553 g/mol. The summed E-state index contributed by atoms with van der Waals surface area (Å²) < 4.78 is 40.0. The number of benzene rings is 1. The Labute approximate surface area is 228 Å². The zero-order valence-electron chi connectivity index (χ0n) is 22.7. The van der Waals surface area contributed by atoms with Crippen molar-refractivity contribution >= 4 is 19.8 Å². The van der Waals surface area contributed by atoms with E-state index in [1.54, 1.807) is 0 Å². The summed E-state index contributed by atoms with van der Waals surface area (Å²) in [4.78, 5) is 22.0. The molecule has 0 aromatic heterocycles. The van der Waals surface area contributed by atoms with Crippen LogP contribution in [0.25, 0.3) is 0 Å². The van der Waals surface area contributed by atoms with E-state index in [4.69, 9.17) is 23.0 Å². The fraction of sp³-hybridized carbons (Fsp3) is 0.586. The number of phosphoric ester groups is 1. The fourth-order valence-corrected chi connectivity index (χ4v) is 4.71.